The highest BCUT2D eigenvalue weighted by Gasteiger charge is 2.40. The molecule has 1 amide bonds. The minimum atomic E-state index is -4.65. The number of hydrogen-bond acceptors (Lipinski definition) is 4. The number of carbonyl (C=O) groups excluding carboxylic acids is 1. The molecule has 25 heavy (non-hydrogen) atoms. The van der Waals surface area contributed by atoms with Crippen LogP contribution in [-0.4, -0.2) is 27.0 Å². The molecule has 0 radical (unpaired) electrons. The van der Waals surface area contributed by atoms with Gasteiger partial charge in [0.25, 0.3) is 0 Å². The van der Waals surface area contributed by atoms with Gasteiger partial charge in [0.15, 0.2) is 0 Å². The Balaban J connectivity index is 1.48. The number of alkyl halides is 3. The molecule has 2 aromatic rings. The number of carbonyl (C=O) groups is 1. The molecule has 1 aromatic carbocycles. The summed E-state index contributed by atoms with van der Waals surface area (Å²) in [4.78, 5) is 17.7. The van der Waals surface area contributed by atoms with Gasteiger partial charge in [-0.15, -0.1) is 0 Å². The molecule has 0 aliphatic heterocycles. The lowest BCUT2D eigenvalue weighted by atomic mass is 10.1. The van der Waals surface area contributed by atoms with Crippen LogP contribution >= 0.6 is 0 Å². The third-order valence-electron chi connectivity index (χ3n) is 4.43. The Bertz CT molecular complexity index is 777. The van der Waals surface area contributed by atoms with E-state index in [-0.39, 0.29) is 17.6 Å². The maximum absolute atomic E-state index is 12.5. The molecule has 0 unspecified atom stereocenters. The van der Waals surface area contributed by atoms with Crippen molar-refractivity contribution in [3.8, 4) is 11.4 Å². The molecule has 2 saturated carbocycles. The van der Waals surface area contributed by atoms with Crippen LogP contribution in [0.25, 0.3) is 11.4 Å². The Morgan fingerprint density at radius 2 is 1.84 bits per heavy atom. The van der Waals surface area contributed by atoms with Crippen molar-refractivity contribution < 1.29 is 22.5 Å². The van der Waals surface area contributed by atoms with Crippen LogP contribution in [0.15, 0.2) is 28.8 Å². The van der Waals surface area contributed by atoms with Crippen LogP contribution in [0.3, 0.4) is 0 Å². The van der Waals surface area contributed by atoms with E-state index in [0.717, 1.165) is 31.2 Å². The largest absolute Gasteiger partial charge is 0.471 e. The van der Waals surface area contributed by atoms with E-state index in [1.165, 1.54) is 0 Å². The average Bonchev–Trinajstić information content (AvgIpc) is 3.50. The molecule has 0 bridgehead atoms. The zero-order valence-electron chi connectivity index (χ0n) is 13.3. The SMILES string of the molecule is O=C(C1CC1)N(Cc1ccc(-c2noc(C(F)(F)F)n2)cc1)C1CC1. The van der Waals surface area contributed by atoms with E-state index in [9.17, 15) is 18.0 Å². The number of aromatic nitrogens is 2. The molecule has 0 atom stereocenters. The number of hydrogen-bond donors (Lipinski definition) is 0. The van der Waals surface area contributed by atoms with Gasteiger partial charge in [0, 0.05) is 24.1 Å². The summed E-state index contributed by atoms with van der Waals surface area (Å²) in [6.45, 7) is 0.528. The van der Waals surface area contributed by atoms with E-state index in [2.05, 4.69) is 14.7 Å². The quantitative estimate of drug-likeness (QED) is 0.825. The minimum absolute atomic E-state index is 0.105. The summed E-state index contributed by atoms with van der Waals surface area (Å²) < 4.78 is 41.8. The highest BCUT2D eigenvalue weighted by molar-refractivity contribution is 5.81. The van der Waals surface area contributed by atoms with Gasteiger partial charge in [-0.3, -0.25) is 4.79 Å². The molecule has 0 saturated heterocycles. The van der Waals surface area contributed by atoms with Crippen molar-refractivity contribution in [2.24, 2.45) is 5.92 Å². The summed E-state index contributed by atoms with van der Waals surface area (Å²) in [5.74, 6) is -1.06. The predicted molar refractivity (Wildman–Crippen MR) is 81.0 cm³/mol. The topological polar surface area (TPSA) is 59.2 Å². The summed E-state index contributed by atoms with van der Waals surface area (Å²) >= 11 is 0. The smallest absolute Gasteiger partial charge is 0.335 e. The van der Waals surface area contributed by atoms with Crippen LogP contribution in [0.1, 0.15) is 37.1 Å². The molecule has 1 aromatic heterocycles. The Labute approximate surface area is 141 Å². The van der Waals surface area contributed by atoms with Gasteiger partial charge >= 0.3 is 12.1 Å². The summed E-state index contributed by atoms with van der Waals surface area (Å²) in [5, 5.41) is 3.37. The third-order valence-corrected chi connectivity index (χ3v) is 4.43. The molecule has 8 heteroatoms. The van der Waals surface area contributed by atoms with Crippen LogP contribution in [0.4, 0.5) is 13.2 Å². The molecule has 2 aliphatic rings. The molecule has 0 N–H and O–H groups in total. The first-order valence-corrected chi connectivity index (χ1v) is 8.22. The number of halogens is 3. The Hall–Kier alpha value is -2.38. The van der Waals surface area contributed by atoms with Crippen molar-refractivity contribution in [3.05, 3.63) is 35.7 Å². The van der Waals surface area contributed by atoms with Gasteiger partial charge in [-0.1, -0.05) is 29.4 Å². The van der Waals surface area contributed by atoms with Gasteiger partial charge in [-0.25, -0.2) is 0 Å². The van der Waals surface area contributed by atoms with Crippen molar-refractivity contribution in [1.29, 1.82) is 0 Å². The van der Waals surface area contributed by atoms with Gasteiger partial charge in [0.1, 0.15) is 0 Å². The third kappa shape index (κ3) is 3.52. The Morgan fingerprint density at radius 1 is 1.16 bits per heavy atom. The highest BCUT2D eigenvalue weighted by Crippen LogP contribution is 2.37. The summed E-state index contributed by atoms with van der Waals surface area (Å²) in [5.41, 5.74) is 1.37. The summed E-state index contributed by atoms with van der Waals surface area (Å²) in [7, 11) is 0. The van der Waals surface area contributed by atoms with Crippen molar-refractivity contribution in [2.45, 2.75) is 44.4 Å². The van der Waals surface area contributed by atoms with Crippen molar-refractivity contribution in [3.63, 3.8) is 0 Å². The normalized spacial score (nSPS) is 17.6. The first-order chi connectivity index (χ1) is 11.9. The van der Waals surface area contributed by atoms with Gasteiger partial charge in [0.2, 0.25) is 11.7 Å². The van der Waals surface area contributed by atoms with Crippen molar-refractivity contribution in [1.82, 2.24) is 15.0 Å². The summed E-state index contributed by atoms with van der Waals surface area (Å²) in [6, 6.07) is 7.20. The second-order valence-corrected chi connectivity index (χ2v) is 6.59. The molecule has 2 fully saturated rings. The Kier molecular flexibility index (Phi) is 3.77. The second kappa shape index (κ2) is 5.86. The predicted octanol–water partition coefficient (Wildman–Crippen LogP) is 3.66. The van der Waals surface area contributed by atoms with Crippen molar-refractivity contribution in [2.75, 3.05) is 0 Å². The van der Waals surface area contributed by atoms with Gasteiger partial charge in [-0.05, 0) is 31.2 Å². The first kappa shape index (κ1) is 16.1. The molecule has 0 spiro atoms. The molecule has 132 valence electrons. The molecule has 2 aliphatic carbocycles. The highest BCUT2D eigenvalue weighted by atomic mass is 19.4. The molecule has 1 heterocycles. The minimum Gasteiger partial charge on any atom is -0.335 e. The van der Waals surface area contributed by atoms with Crippen LogP contribution in [0.2, 0.25) is 0 Å². The van der Waals surface area contributed by atoms with Crippen LogP contribution in [0, 0.1) is 5.92 Å². The fourth-order valence-electron chi connectivity index (χ4n) is 2.75. The van der Waals surface area contributed by atoms with Gasteiger partial charge in [0.05, 0.1) is 0 Å². The number of benzene rings is 1. The van der Waals surface area contributed by atoms with Crippen molar-refractivity contribution >= 4 is 5.91 Å². The summed E-state index contributed by atoms with van der Waals surface area (Å²) in [6.07, 6.45) is -0.626. The zero-order chi connectivity index (χ0) is 17.6. The zero-order valence-corrected chi connectivity index (χ0v) is 13.3. The number of nitrogens with zero attached hydrogens (tertiary/aromatic N) is 3. The Morgan fingerprint density at radius 3 is 2.36 bits per heavy atom. The average molecular weight is 351 g/mol. The van der Waals surface area contributed by atoms with E-state index in [4.69, 9.17) is 0 Å². The lowest BCUT2D eigenvalue weighted by molar-refractivity contribution is -0.159. The second-order valence-electron chi connectivity index (χ2n) is 6.59. The standard InChI is InChI=1S/C17H16F3N3O2/c18-17(19,20)16-21-14(22-25-16)11-3-1-10(2-4-11)9-23(13-7-8-13)15(24)12-5-6-12/h1-4,12-13H,5-9H2. The molecule has 5 nitrogen and oxygen atoms in total. The van der Waals surface area contributed by atoms with Gasteiger partial charge in [-0.2, -0.15) is 18.2 Å². The maximum atomic E-state index is 12.5. The number of amides is 1. The fraction of sp³-hybridized carbons (Fsp3) is 0.471. The van der Waals surface area contributed by atoms with Gasteiger partial charge < -0.3 is 9.42 Å². The van der Waals surface area contributed by atoms with Crippen LogP contribution in [0.5, 0.6) is 0 Å². The maximum Gasteiger partial charge on any atom is 0.471 e. The van der Waals surface area contributed by atoms with E-state index >= 15 is 0 Å². The van der Waals surface area contributed by atoms with E-state index in [1.54, 1.807) is 24.3 Å². The fourth-order valence-corrected chi connectivity index (χ4v) is 2.75. The lowest BCUT2D eigenvalue weighted by Crippen LogP contribution is -2.33. The number of rotatable bonds is 5. The van der Waals surface area contributed by atoms with E-state index < -0.39 is 12.1 Å². The van der Waals surface area contributed by atoms with E-state index in [0.29, 0.717) is 18.2 Å². The van der Waals surface area contributed by atoms with E-state index in [1.807, 2.05) is 4.90 Å². The monoisotopic (exact) mass is 351 g/mol. The molecular weight excluding hydrogens is 335 g/mol. The molecule has 4 rings (SSSR count). The lowest BCUT2D eigenvalue weighted by Gasteiger charge is -2.22. The van der Waals surface area contributed by atoms with Crippen LogP contribution in [-0.2, 0) is 17.5 Å². The van der Waals surface area contributed by atoms with Crippen LogP contribution < -0.4 is 0 Å². The molecular formula is C17H16F3N3O2. The first-order valence-electron chi connectivity index (χ1n) is 8.22.